The minimum Gasteiger partial charge on any atom is -0.300 e. The maximum atomic E-state index is 10.7. The molecule has 0 radical (unpaired) electrons. The van der Waals surface area contributed by atoms with Gasteiger partial charge in [-0.3, -0.25) is 14.4 Å². The van der Waals surface area contributed by atoms with Crippen LogP contribution in [0.4, 0.5) is 0 Å². The Hall–Kier alpha value is -0.270. The Labute approximate surface area is 224 Å². The monoisotopic (exact) mass is 538 g/mol. The van der Waals surface area contributed by atoms with Gasteiger partial charge >= 0.3 is 0 Å². The lowest BCUT2D eigenvalue weighted by Crippen LogP contribution is -2.08. The van der Waals surface area contributed by atoms with Crippen LogP contribution >= 0.6 is 35.3 Å². The van der Waals surface area contributed by atoms with Gasteiger partial charge in [0.05, 0.1) is 11.0 Å². The molecular formula is C27H54O4S3. The van der Waals surface area contributed by atoms with E-state index in [-0.39, 0.29) is 16.8 Å². The quantitative estimate of drug-likeness (QED) is 0.173. The minimum absolute atomic E-state index is 0.201. The molecule has 1 atom stereocenters. The lowest BCUT2D eigenvalue weighted by Gasteiger charge is -2.04. The number of rotatable bonds is 17. The zero-order chi connectivity index (χ0) is 27.2. The van der Waals surface area contributed by atoms with Gasteiger partial charge in [-0.05, 0) is 71.1 Å². The van der Waals surface area contributed by atoms with Crippen LogP contribution in [-0.4, -0.2) is 57.1 Å². The average molecular weight is 539 g/mol. The Kier molecular flexibility index (Phi) is 42.0. The molecule has 0 aliphatic carbocycles. The molecule has 0 fully saturated rings. The first-order valence-corrected chi connectivity index (χ1v) is 16.1. The Balaban J connectivity index is -0.000000181. The number of thioether (sulfide) groups is 3. The second-order valence-electron chi connectivity index (χ2n) is 8.06. The van der Waals surface area contributed by atoms with Crippen molar-refractivity contribution in [3.05, 3.63) is 0 Å². The molecule has 0 bridgehead atoms. The number of ketones is 4. The van der Waals surface area contributed by atoms with Crippen LogP contribution in [0.5, 0.6) is 0 Å². The van der Waals surface area contributed by atoms with Crippen LogP contribution in [0.15, 0.2) is 0 Å². The van der Waals surface area contributed by atoms with E-state index in [1.165, 1.54) is 44.3 Å². The van der Waals surface area contributed by atoms with Crippen molar-refractivity contribution in [1.29, 1.82) is 0 Å². The third-order valence-corrected chi connectivity index (χ3v) is 7.74. The lowest BCUT2D eigenvalue weighted by molar-refractivity contribution is -0.117. The summed E-state index contributed by atoms with van der Waals surface area (Å²) in [4.78, 5) is 41.4. The van der Waals surface area contributed by atoms with E-state index in [0.29, 0.717) is 23.7 Å². The van der Waals surface area contributed by atoms with Gasteiger partial charge in [0, 0.05) is 18.6 Å². The normalized spacial score (nSPS) is 10.4. The summed E-state index contributed by atoms with van der Waals surface area (Å²) in [5, 5.41) is 0.201. The van der Waals surface area contributed by atoms with E-state index in [1.54, 1.807) is 51.2 Å². The highest BCUT2D eigenvalue weighted by Crippen LogP contribution is 2.12. The summed E-state index contributed by atoms with van der Waals surface area (Å²) in [7, 11) is 0. The van der Waals surface area contributed by atoms with Crippen LogP contribution in [0, 0.1) is 0 Å². The van der Waals surface area contributed by atoms with Crippen molar-refractivity contribution in [2.75, 3.05) is 28.8 Å². The molecule has 4 nitrogen and oxygen atoms in total. The van der Waals surface area contributed by atoms with E-state index in [1.807, 2.05) is 25.6 Å². The molecule has 204 valence electrons. The van der Waals surface area contributed by atoms with Crippen molar-refractivity contribution in [3.8, 4) is 0 Å². The molecule has 0 rings (SSSR count). The van der Waals surface area contributed by atoms with Crippen LogP contribution in [0.25, 0.3) is 0 Å². The predicted octanol–water partition coefficient (Wildman–Crippen LogP) is 8.09. The average Bonchev–Trinajstić information content (AvgIpc) is 2.77. The van der Waals surface area contributed by atoms with Crippen molar-refractivity contribution in [2.24, 2.45) is 0 Å². The standard InChI is InChI=1S/2C8H16OS.C7H14OS.C4H8O/c1-4-5-6-10-8(3)7(2)9;1-3-4-6-10-7-5-8(2)9;1-3-4-5-9-6-7(2)8;1-3-4(2)5/h8H,4-6H2,1-3H3;3-7H2,1-2H3;3-6H2,1-2H3;3H2,1-2H3. The Morgan fingerprint density at radius 2 is 1.06 bits per heavy atom. The Bertz CT molecular complexity index is 482. The summed E-state index contributed by atoms with van der Waals surface area (Å²) in [5.41, 5.74) is 0. The smallest absolute Gasteiger partial charge is 0.142 e. The SMILES string of the molecule is CCC(C)=O.CCCCSC(C)C(C)=O.CCCCSCC(C)=O.CCCCSCCC(C)=O. The summed E-state index contributed by atoms with van der Waals surface area (Å²) in [6.07, 6.45) is 8.85. The molecule has 0 aliphatic heterocycles. The second kappa shape index (κ2) is 34.9. The molecule has 34 heavy (non-hydrogen) atoms. The van der Waals surface area contributed by atoms with Crippen LogP contribution in [0.3, 0.4) is 0 Å². The summed E-state index contributed by atoms with van der Waals surface area (Å²) in [5.74, 6) is 6.32. The Morgan fingerprint density at radius 3 is 1.41 bits per heavy atom. The molecule has 1 unspecified atom stereocenters. The zero-order valence-electron chi connectivity index (χ0n) is 23.6. The van der Waals surface area contributed by atoms with Gasteiger partial charge in [-0.15, -0.1) is 0 Å². The fraction of sp³-hybridized carbons (Fsp3) is 0.852. The van der Waals surface area contributed by atoms with Crippen LogP contribution < -0.4 is 0 Å². The van der Waals surface area contributed by atoms with Gasteiger partial charge in [0.25, 0.3) is 0 Å². The largest absolute Gasteiger partial charge is 0.300 e. The van der Waals surface area contributed by atoms with Gasteiger partial charge in [0.15, 0.2) is 0 Å². The van der Waals surface area contributed by atoms with Crippen molar-refractivity contribution >= 4 is 58.4 Å². The third-order valence-electron chi connectivity index (χ3n) is 4.12. The molecule has 0 saturated heterocycles. The van der Waals surface area contributed by atoms with E-state index in [9.17, 15) is 19.2 Å². The van der Waals surface area contributed by atoms with Gasteiger partial charge in [-0.2, -0.15) is 35.3 Å². The first-order chi connectivity index (χ1) is 16.0. The molecule has 0 N–H and O–H groups in total. The van der Waals surface area contributed by atoms with Crippen molar-refractivity contribution in [2.45, 2.75) is 119 Å². The van der Waals surface area contributed by atoms with Gasteiger partial charge < -0.3 is 4.79 Å². The molecule has 0 amide bonds. The maximum absolute atomic E-state index is 10.7. The number of carbonyl (C=O) groups excluding carboxylic acids is 4. The van der Waals surface area contributed by atoms with Crippen LogP contribution in [0.2, 0.25) is 0 Å². The number of unbranched alkanes of at least 4 members (excludes halogenated alkanes) is 3. The highest BCUT2D eigenvalue weighted by atomic mass is 32.2. The lowest BCUT2D eigenvalue weighted by atomic mass is 10.3. The van der Waals surface area contributed by atoms with Gasteiger partial charge in [0.1, 0.15) is 23.1 Å². The van der Waals surface area contributed by atoms with E-state index in [2.05, 4.69) is 20.8 Å². The fourth-order valence-corrected chi connectivity index (χ4v) is 4.65. The first kappa shape index (κ1) is 40.9. The molecule has 0 saturated carbocycles. The number of Topliss-reactive ketones (excluding diaryl/α,β-unsaturated/α-hetero) is 4. The molecule has 0 heterocycles. The summed E-state index contributed by atoms with van der Waals surface area (Å²) < 4.78 is 0. The number of hydrogen-bond acceptors (Lipinski definition) is 7. The minimum atomic E-state index is 0.201. The van der Waals surface area contributed by atoms with E-state index in [4.69, 9.17) is 0 Å². The molecule has 0 aliphatic rings. The molecular weight excluding hydrogens is 484 g/mol. The third kappa shape index (κ3) is 53.2. The topological polar surface area (TPSA) is 68.3 Å². The molecule has 0 aromatic rings. The Morgan fingerprint density at radius 1 is 0.618 bits per heavy atom. The van der Waals surface area contributed by atoms with Crippen molar-refractivity contribution in [1.82, 2.24) is 0 Å². The number of carbonyl (C=O) groups is 4. The first-order valence-electron chi connectivity index (χ1n) is 12.8. The molecule has 0 aromatic carbocycles. The molecule has 0 spiro atoms. The number of hydrogen-bond donors (Lipinski definition) is 0. The van der Waals surface area contributed by atoms with Gasteiger partial charge in [-0.1, -0.05) is 47.0 Å². The van der Waals surface area contributed by atoms with Gasteiger partial charge in [0.2, 0.25) is 0 Å². The van der Waals surface area contributed by atoms with E-state index in [0.717, 1.165) is 23.7 Å². The van der Waals surface area contributed by atoms with Gasteiger partial charge in [-0.25, -0.2) is 0 Å². The predicted molar refractivity (Wildman–Crippen MR) is 159 cm³/mol. The maximum Gasteiger partial charge on any atom is 0.142 e. The zero-order valence-corrected chi connectivity index (χ0v) is 26.1. The highest BCUT2D eigenvalue weighted by molar-refractivity contribution is 8.00. The summed E-state index contributed by atoms with van der Waals surface area (Å²) in [6.45, 7) is 16.9. The fourth-order valence-electron chi connectivity index (χ4n) is 1.55. The molecule has 0 aromatic heterocycles. The van der Waals surface area contributed by atoms with Crippen molar-refractivity contribution in [3.63, 3.8) is 0 Å². The van der Waals surface area contributed by atoms with E-state index >= 15 is 0 Å². The summed E-state index contributed by atoms with van der Waals surface area (Å²) >= 11 is 5.38. The van der Waals surface area contributed by atoms with Crippen molar-refractivity contribution < 1.29 is 19.2 Å². The van der Waals surface area contributed by atoms with Crippen LogP contribution in [0.1, 0.15) is 114 Å². The van der Waals surface area contributed by atoms with E-state index < -0.39 is 0 Å². The molecule has 7 heteroatoms. The second-order valence-corrected chi connectivity index (χ2v) is 11.8. The summed E-state index contributed by atoms with van der Waals surface area (Å²) in [6, 6.07) is 0. The van der Waals surface area contributed by atoms with Crippen LogP contribution in [-0.2, 0) is 19.2 Å². The highest BCUT2D eigenvalue weighted by Gasteiger charge is 2.05.